The summed E-state index contributed by atoms with van der Waals surface area (Å²) in [5.41, 5.74) is 9.38. The van der Waals surface area contributed by atoms with Crippen LogP contribution in [0.15, 0.2) is 30.5 Å². The van der Waals surface area contributed by atoms with Gasteiger partial charge in [0.05, 0.1) is 5.69 Å². The first-order valence-corrected chi connectivity index (χ1v) is 7.66. The summed E-state index contributed by atoms with van der Waals surface area (Å²) in [6.45, 7) is 5.17. The van der Waals surface area contributed by atoms with Crippen molar-refractivity contribution in [2.24, 2.45) is 0 Å². The van der Waals surface area contributed by atoms with Crippen LogP contribution in [0.1, 0.15) is 45.1 Å². The molecule has 0 aliphatic heterocycles. The summed E-state index contributed by atoms with van der Waals surface area (Å²) in [4.78, 5) is 4.41. The molecule has 2 aromatic rings. The van der Waals surface area contributed by atoms with Crippen molar-refractivity contribution in [2.75, 3.05) is 5.73 Å². The van der Waals surface area contributed by atoms with Gasteiger partial charge in [-0.05, 0) is 25.3 Å². The Morgan fingerprint density at radius 2 is 1.80 bits per heavy atom. The van der Waals surface area contributed by atoms with Crippen LogP contribution in [0.2, 0.25) is 0 Å². The van der Waals surface area contributed by atoms with E-state index < -0.39 is 0 Å². The van der Waals surface area contributed by atoms with Gasteiger partial charge < -0.3 is 10.3 Å². The maximum atomic E-state index is 5.87. The zero-order valence-corrected chi connectivity index (χ0v) is 12.6. The minimum Gasteiger partial charge on any atom is -0.369 e. The predicted octanol–water partition coefficient (Wildman–Crippen LogP) is 4.28. The van der Waals surface area contributed by atoms with E-state index in [1.54, 1.807) is 0 Å². The fourth-order valence-electron chi connectivity index (χ4n) is 2.42. The third-order valence-electron chi connectivity index (χ3n) is 3.72. The number of aromatic nitrogens is 2. The molecule has 0 bridgehead atoms. The maximum absolute atomic E-state index is 5.87. The Bertz CT molecular complexity index is 526. The summed E-state index contributed by atoms with van der Waals surface area (Å²) in [6.07, 6.45) is 8.43. The second-order valence-electron chi connectivity index (χ2n) is 5.28. The monoisotopic (exact) mass is 271 g/mol. The molecule has 0 aliphatic rings. The first-order valence-electron chi connectivity index (χ1n) is 7.66. The largest absolute Gasteiger partial charge is 0.369 e. The van der Waals surface area contributed by atoms with Crippen LogP contribution in [-0.4, -0.2) is 9.55 Å². The van der Waals surface area contributed by atoms with Gasteiger partial charge in [0.15, 0.2) is 0 Å². The number of nitrogen functional groups attached to an aromatic ring is 1. The van der Waals surface area contributed by atoms with E-state index in [4.69, 9.17) is 5.73 Å². The van der Waals surface area contributed by atoms with Gasteiger partial charge in [-0.1, -0.05) is 50.5 Å². The van der Waals surface area contributed by atoms with Gasteiger partial charge in [0.2, 0.25) is 5.95 Å². The smallest absolute Gasteiger partial charge is 0.200 e. The van der Waals surface area contributed by atoms with Crippen molar-refractivity contribution in [3.05, 3.63) is 36.0 Å². The number of hydrogen-bond donors (Lipinski definition) is 1. The minimum absolute atomic E-state index is 0.589. The summed E-state index contributed by atoms with van der Waals surface area (Å²) in [7, 11) is 0. The van der Waals surface area contributed by atoms with E-state index >= 15 is 0 Å². The number of imidazole rings is 1. The van der Waals surface area contributed by atoms with E-state index in [-0.39, 0.29) is 0 Å². The molecule has 1 aromatic heterocycles. The third-order valence-corrected chi connectivity index (χ3v) is 3.72. The lowest BCUT2D eigenvalue weighted by molar-refractivity contribution is 0.667. The first kappa shape index (κ1) is 14.6. The molecule has 0 saturated heterocycles. The highest BCUT2D eigenvalue weighted by atomic mass is 15.1. The Morgan fingerprint density at radius 3 is 2.40 bits per heavy atom. The fourth-order valence-corrected chi connectivity index (χ4v) is 2.42. The molecule has 0 saturated carbocycles. The summed E-state index contributed by atoms with van der Waals surface area (Å²) >= 11 is 0. The minimum atomic E-state index is 0.589. The second-order valence-corrected chi connectivity index (χ2v) is 5.28. The number of hydrogen-bond acceptors (Lipinski definition) is 2. The van der Waals surface area contributed by atoms with Crippen LogP contribution >= 0.6 is 0 Å². The number of nitrogens with zero attached hydrogens (tertiary/aromatic N) is 2. The highest BCUT2D eigenvalue weighted by Gasteiger charge is 2.05. The Balaban J connectivity index is 2.00. The lowest BCUT2D eigenvalue weighted by Gasteiger charge is -2.02. The molecule has 108 valence electrons. The molecule has 0 radical (unpaired) electrons. The average molecular weight is 271 g/mol. The molecule has 1 aromatic carbocycles. The highest BCUT2D eigenvalue weighted by Crippen LogP contribution is 2.21. The standard InChI is InChI=1S/C17H25N3/c1-3-5-6-7-8-14-9-11-15(12-10-14)16-13-20(4-2)17(18)19-16/h9-13H,3-8H2,1-2H3,(H2,18,19). The Kier molecular flexibility index (Phi) is 5.22. The lowest BCUT2D eigenvalue weighted by Crippen LogP contribution is -1.98. The molecule has 3 heteroatoms. The van der Waals surface area contributed by atoms with Crippen molar-refractivity contribution in [3.8, 4) is 11.3 Å². The molecule has 0 amide bonds. The normalized spacial score (nSPS) is 10.9. The van der Waals surface area contributed by atoms with Crippen molar-refractivity contribution in [3.63, 3.8) is 0 Å². The summed E-state index contributed by atoms with van der Waals surface area (Å²) in [5.74, 6) is 0.589. The van der Waals surface area contributed by atoms with Gasteiger partial charge in [0, 0.05) is 18.3 Å². The van der Waals surface area contributed by atoms with Gasteiger partial charge in [-0.25, -0.2) is 4.98 Å². The third kappa shape index (κ3) is 3.62. The number of anilines is 1. The maximum Gasteiger partial charge on any atom is 0.200 e. The predicted molar refractivity (Wildman–Crippen MR) is 85.6 cm³/mol. The molecular formula is C17H25N3. The van der Waals surface area contributed by atoms with Crippen LogP contribution in [0, 0.1) is 0 Å². The van der Waals surface area contributed by atoms with E-state index in [1.807, 2.05) is 10.8 Å². The summed E-state index contributed by atoms with van der Waals surface area (Å²) in [6, 6.07) is 8.72. The molecule has 1 heterocycles. The van der Waals surface area contributed by atoms with Crippen LogP contribution < -0.4 is 5.73 Å². The molecule has 3 nitrogen and oxygen atoms in total. The fraction of sp³-hybridized carbons (Fsp3) is 0.471. The van der Waals surface area contributed by atoms with Crippen molar-refractivity contribution < 1.29 is 0 Å². The second kappa shape index (κ2) is 7.13. The topological polar surface area (TPSA) is 43.8 Å². The quantitative estimate of drug-likeness (QED) is 0.764. The molecular weight excluding hydrogens is 246 g/mol. The van der Waals surface area contributed by atoms with Crippen LogP contribution in [0.25, 0.3) is 11.3 Å². The Hall–Kier alpha value is -1.77. The van der Waals surface area contributed by atoms with Crippen LogP contribution in [0.3, 0.4) is 0 Å². The molecule has 0 atom stereocenters. The van der Waals surface area contributed by atoms with E-state index in [9.17, 15) is 0 Å². The molecule has 0 fully saturated rings. The van der Waals surface area contributed by atoms with E-state index in [1.165, 1.54) is 37.7 Å². The molecule has 0 unspecified atom stereocenters. The summed E-state index contributed by atoms with van der Waals surface area (Å²) in [5, 5.41) is 0. The van der Waals surface area contributed by atoms with E-state index in [0.29, 0.717) is 5.95 Å². The number of rotatable bonds is 7. The lowest BCUT2D eigenvalue weighted by atomic mass is 10.0. The Morgan fingerprint density at radius 1 is 1.05 bits per heavy atom. The molecule has 20 heavy (non-hydrogen) atoms. The molecule has 0 aliphatic carbocycles. The van der Waals surface area contributed by atoms with Crippen LogP contribution in [-0.2, 0) is 13.0 Å². The van der Waals surface area contributed by atoms with E-state index in [2.05, 4.69) is 43.1 Å². The van der Waals surface area contributed by atoms with Crippen LogP contribution in [0.5, 0.6) is 0 Å². The van der Waals surface area contributed by atoms with Crippen LogP contribution in [0.4, 0.5) is 5.95 Å². The van der Waals surface area contributed by atoms with Crippen molar-refractivity contribution in [1.82, 2.24) is 9.55 Å². The van der Waals surface area contributed by atoms with E-state index in [0.717, 1.165) is 17.8 Å². The van der Waals surface area contributed by atoms with Crippen molar-refractivity contribution in [2.45, 2.75) is 52.5 Å². The van der Waals surface area contributed by atoms with Crippen molar-refractivity contribution >= 4 is 5.95 Å². The SMILES string of the molecule is CCCCCCc1ccc(-c2cn(CC)c(N)n2)cc1. The zero-order chi connectivity index (χ0) is 14.4. The summed E-state index contributed by atoms with van der Waals surface area (Å²) < 4.78 is 1.97. The average Bonchev–Trinajstić information content (AvgIpc) is 2.85. The van der Waals surface area contributed by atoms with Crippen molar-refractivity contribution in [1.29, 1.82) is 0 Å². The molecule has 0 spiro atoms. The zero-order valence-electron chi connectivity index (χ0n) is 12.6. The number of aryl methyl sites for hydroxylation is 2. The van der Waals surface area contributed by atoms with Gasteiger partial charge in [-0.15, -0.1) is 0 Å². The highest BCUT2D eigenvalue weighted by molar-refractivity contribution is 5.60. The van der Waals surface area contributed by atoms with Gasteiger partial charge in [-0.2, -0.15) is 0 Å². The number of unbranched alkanes of at least 4 members (excludes halogenated alkanes) is 3. The number of nitrogens with two attached hydrogens (primary N) is 1. The van der Waals surface area contributed by atoms with Gasteiger partial charge in [-0.3, -0.25) is 0 Å². The Labute approximate surface area is 121 Å². The molecule has 2 N–H and O–H groups in total. The first-order chi connectivity index (χ1) is 9.74. The van der Waals surface area contributed by atoms with Gasteiger partial charge >= 0.3 is 0 Å². The number of benzene rings is 1. The van der Waals surface area contributed by atoms with Gasteiger partial charge in [0.25, 0.3) is 0 Å². The van der Waals surface area contributed by atoms with Gasteiger partial charge in [0.1, 0.15) is 0 Å². The molecule has 2 rings (SSSR count).